The summed E-state index contributed by atoms with van der Waals surface area (Å²) in [6.07, 6.45) is 9.81. The maximum Gasteiger partial charge on any atom is 0.234 e. The lowest BCUT2D eigenvalue weighted by Gasteiger charge is -2.31. The molecule has 3 aliphatic carbocycles. The zero-order chi connectivity index (χ0) is 20.9. The van der Waals surface area contributed by atoms with E-state index in [4.69, 9.17) is 0 Å². The van der Waals surface area contributed by atoms with Crippen LogP contribution >= 0.6 is 0 Å². The number of allylic oxidation sites excluding steroid dienone is 3. The Hall–Kier alpha value is -2.94. The first kappa shape index (κ1) is 18.8. The van der Waals surface area contributed by atoms with Crippen molar-refractivity contribution >= 4 is 17.4 Å². The highest BCUT2D eigenvalue weighted by atomic mass is 16.2. The summed E-state index contributed by atoms with van der Waals surface area (Å²) in [5.74, 6) is -0.233. The highest BCUT2D eigenvalue weighted by molar-refractivity contribution is 6.08. The van der Waals surface area contributed by atoms with Gasteiger partial charge in [-0.05, 0) is 35.1 Å². The van der Waals surface area contributed by atoms with Crippen LogP contribution < -0.4 is 0 Å². The van der Waals surface area contributed by atoms with Gasteiger partial charge in [-0.3, -0.25) is 14.5 Å². The van der Waals surface area contributed by atoms with Crippen LogP contribution in [-0.2, 0) is 9.59 Å². The minimum atomic E-state index is -0.221. The SMILES string of the molecule is O=C1C2C3C=CC(C3=C(c3ccccc3)c3ccccc3)C2C(=O)N1C1CCCCC1. The van der Waals surface area contributed by atoms with Crippen LogP contribution in [0.25, 0.3) is 5.57 Å². The maximum absolute atomic E-state index is 13.6. The van der Waals surface area contributed by atoms with Crippen molar-refractivity contribution in [2.45, 2.75) is 38.1 Å². The van der Waals surface area contributed by atoms with Crippen molar-refractivity contribution in [3.8, 4) is 0 Å². The van der Waals surface area contributed by atoms with E-state index in [9.17, 15) is 9.59 Å². The topological polar surface area (TPSA) is 37.4 Å². The zero-order valence-corrected chi connectivity index (χ0v) is 17.6. The van der Waals surface area contributed by atoms with Crippen LogP contribution in [0.2, 0.25) is 0 Å². The molecule has 0 radical (unpaired) electrons. The van der Waals surface area contributed by atoms with E-state index < -0.39 is 0 Å². The van der Waals surface area contributed by atoms with Gasteiger partial charge in [-0.1, -0.05) is 92.1 Å². The van der Waals surface area contributed by atoms with Gasteiger partial charge in [-0.25, -0.2) is 0 Å². The molecule has 1 aliphatic heterocycles. The quantitative estimate of drug-likeness (QED) is 0.514. The Morgan fingerprint density at radius 3 is 1.65 bits per heavy atom. The van der Waals surface area contributed by atoms with Crippen LogP contribution in [-0.4, -0.2) is 22.8 Å². The predicted molar refractivity (Wildman–Crippen MR) is 121 cm³/mol. The Balaban J connectivity index is 1.45. The number of hydrogen-bond donors (Lipinski definition) is 0. The number of carbonyl (C=O) groups is 2. The van der Waals surface area contributed by atoms with Crippen molar-refractivity contribution in [3.63, 3.8) is 0 Å². The van der Waals surface area contributed by atoms with Gasteiger partial charge < -0.3 is 0 Å². The summed E-state index contributed by atoms with van der Waals surface area (Å²) in [5.41, 5.74) is 4.77. The molecule has 3 nitrogen and oxygen atoms in total. The van der Waals surface area contributed by atoms with Gasteiger partial charge in [0.05, 0.1) is 11.8 Å². The maximum atomic E-state index is 13.6. The number of fused-ring (bicyclic) bond motifs is 5. The average Bonchev–Trinajstić information content (AvgIpc) is 3.45. The molecule has 2 saturated carbocycles. The first-order valence-electron chi connectivity index (χ1n) is 11.7. The van der Waals surface area contributed by atoms with Crippen molar-refractivity contribution in [2.24, 2.45) is 23.7 Å². The number of rotatable bonds is 3. The second kappa shape index (κ2) is 7.33. The summed E-state index contributed by atoms with van der Waals surface area (Å²) in [4.78, 5) is 28.8. The van der Waals surface area contributed by atoms with Gasteiger partial charge in [-0.2, -0.15) is 0 Å². The van der Waals surface area contributed by atoms with E-state index in [1.54, 1.807) is 4.90 Å². The number of hydrogen-bond acceptors (Lipinski definition) is 2. The second-order valence-corrected chi connectivity index (χ2v) is 9.39. The lowest BCUT2D eigenvalue weighted by molar-refractivity contribution is -0.143. The zero-order valence-electron chi connectivity index (χ0n) is 17.6. The van der Waals surface area contributed by atoms with Gasteiger partial charge >= 0.3 is 0 Å². The molecule has 2 aromatic rings. The van der Waals surface area contributed by atoms with Crippen LogP contribution in [0.5, 0.6) is 0 Å². The Labute approximate surface area is 183 Å². The summed E-state index contributed by atoms with van der Waals surface area (Å²) in [6, 6.07) is 21.0. The number of imide groups is 1. The summed E-state index contributed by atoms with van der Waals surface area (Å²) in [6.45, 7) is 0. The molecule has 2 aromatic carbocycles. The molecule has 4 unspecified atom stereocenters. The minimum Gasteiger partial charge on any atom is -0.279 e. The fourth-order valence-corrected chi connectivity index (χ4v) is 6.53. The number of nitrogens with zero attached hydrogens (tertiary/aromatic N) is 1. The second-order valence-electron chi connectivity index (χ2n) is 9.39. The van der Waals surface area contributed by atoms with E-state index in [-0.39, 0.29) is 41.5 Å². The largest absolute Gasteiger partial charge is 0.279 e. The van der Waals surface area contributed by atoms with Crippen LogP contribution in [0.15, 0.2) is 78.4 Å². The van der Waals surface area contributed by atoms with Crippen molar-refractivity contribution in [1.82, 2.24) is 4.90 Å². The molecule has 1 heterocycles. The van der Waals surface area contributed by atoms with Gasteiger partial charge in [-0.15, -0.1) is 0 Å². The molecule has 1 saturated heterocycles. The third-order valence-electron chi connectivity index (χ3n) is 7.80. The van der Waals surface area contributed by atoms with Crippen LogP contribution in [0.1, 0.15) is 43.2 Å². The molecule has 0 N–H and O–H groups in total. The van der Waals surface area contributed by atoms with Crippen molar-refractivity contribution in [3.05, 3.63) is 89.5 Å². The molecule has 156 valence electrons. The normalized spacial score (nSPS) is 29.7. The molecule has 31 heavy (non-hydrogen) atoms. The Morgan fingerprint density at radius 2 is 1.16 bits per heavy atom. The van der Waals surface area contributed by atoms with E-state index in [2.05, 4.69) is 60.7 Å². The van der Waals surface area contributed by atoms with Crippen molar-refractivity contribution in [1.29, 1.82) is 0 Å². The monoisotopic (exact) mass is 409 g/mol. The van der Waals surface area contributed by atoms with Crippen molar-refractivity contribution in [2.75, 3.05) is 0 Å². The molecular weight excluding hydrogens is 382 g/mol. The molecule has 4 aliphatic rings. The summed E-state index contributed by atoms with van der Waals surface area (Å²) < 4.78 is 0. The Kier molecular flexibility index (Phi) is 4.45. The van der Waals surface area contributed by atoms with E-state index in [0.717, 1.165) is 36.8 Å². The smallest absolute Gasteiger partial charge is 0.234 e. The van der Waals surface area contributed by atoms with Gasteiger partial charge in [0.15, 0.2) is 0 Å². The first-order valence-corrected chi connectivity index (χ1v) is 11.7. The van der Waals surface area contributed by atoms with Gasteiger partial charge in [0.25, 0.3) is 0 Å². The molecule has 3 heteroatoms. The summed E-state index contributed by atoms with van der Waals surface area (Å²) >= 11 is 0. The summed E-state index contributed by atoms with van der Waals surface area (Å²) in [7, 11) is 0. The molecule has 2 bridgehead atoms. The predicted octanol–water partition coefficient (Wildman–Crippen LogP) is 5.24. The third kappa shape index (κ3) is 2.79. The lowest BCUT2D eigenvalue weighted by Crippen LogP contribution is -2.42. The molecule has 4 atom stereocenters. The molecule has 0 spiro atoms. The van der Waals surface area contributed by atoms with E-state index >= 15 is 0 Å². The fraction of sp³-hybridized carbons (Fsp3) is 0.357. The standard InChI is InChI=1S/C28H27NO2/c30-27-25-21-16-17-22(26(25)28(31)29(27)20-14-8-3-9-15-20)24(21)23(18-10-4-1-5-11-18)19-12-6-2-7-13-19/h1-2,4-7,10-13,16-17,20-22,25-26H,3,8-9,14-15H2. The van der Waals surface area contributed by atoms with Gasteiger partial charge in [0.1, 0.15) is 0 Å². The van der Waals surface area contributed by atoms with Crippen LogP contribution in [0.3, 0.4) is 0 Å². The molecule has 2 amide bonds. The molecular formula is C28H27NO2. The van der Waals surface area contributed by atoms with Crippen LogP contribution in [0, 0.1) is 23.7 Å². The molecule has 6 rings (SSSR count). The number of amides is 2. The molecule has 3 fully saturated rings. The first-order chi connectivity index (χ1) is 15.3. The van der Waals surface area contributed by atoms with Crippen LogP contribution in [0.4, 0.5) is 0 Å². The lowest BCUT2D eigenvalue weighted by atomic mass is 9.85. The van der Waals surface area contributed by atoms with E-state index in [1.807, 2.05) is 12.1 Å². The Bertz CT molecular complexity index is 1000. The van der Waals surface area contributed by atoms with E-state index in [1.165, 1.54) is 17.6 Å². The van der Waals surface area contributed by atoms with Crippen molar-refractivity contribution < 1.29 is 9.59 Å². The molecule has 0 aromatic heterocycles. The van der Waals surface area contributed by atoms with E-state index in [0.29, 0.717) is 0 Å². The third-order valence-corrected chi connectivity index (χ3v) is 7.80. The highest BCUT2D eigenvalue weighted by Crippen LogP contribution is 2.59. The minimum absolute atomic E-state index is 0.0236. The highest BCUT2D eigenvalue weighted by Gasteiger charge is 2.63. The average molecular weight is 410 g/mol. The Morgan fingerprint density at radius 1 is 0.677 bits per heavy atom. The number of likely N-dealkylation sites (tertiary alicyclic amines) is 1. The number of carbonyl (C=O) groups excluding carboxylic acids is 2. The number of benzene rings is 2. The van der Waals surface area contributed by atoms with Gasteiger partial charge in [0.2, 0.25) is 11.8 Å². The van der Waals surface area contributed by atoms with Gasteiger partial charge in [0, 0.05) is 17.9 Å². The summed E-state index contributed by atoms with van der Waals surface area (Å²) in [5, 5.41) is 0. The fourth-order valence-electron chi connectivity index (χ4n) is 6.53.